The van der Waals surface area contributed by atoms with Crippen LogP contribution in [0, 0.1) is 6.92 Å². The van der Waals surface area contributed by atoms with E-state index in [1.807, 2.05) is 0 Å². The van der Waals surface area contributed by atoms with E-state index in [2.05, 4.69) is 45.1 Å². The first-order chi connectivity index (χ1) is 8.43. The van der Waals surface area contributed by atoms with E-state index in [1.54, 1.807) is 7.11 Å². The van der Waals surface area contributed by atoms with Gasteiger partial charge in [-0.15, -0.1) is 0 Å². The molecule has 0 amide bonds. The number of nitrogens with one attached hydrogen (secondary N) is 1. The van der Waals surface area contributed by atoms with Gasteiger partial charge in [-0.05, 0) is 54.0 Å². The maximum absolute atomic E-state index is 5.55. The third-order valence-electron chi connectivity index (χ3n) is 3.90. The van der Waals surface area contributed by atoms with E-state index >= 15 is 0 Å². The van der Waals surface area contributed by atoms with Crippen LogP contribution in [0.5, 0.6) is 5.75 Å². The lowest BCUT2D eigenvalue weighted by molar-refractivity contribution is 0.396. The minimum atomic E-state index is 0.125. The van der Waals surface area contributed by atoms with Crippen molar-refractivity contribution in [1.29, 1.82) is 0 Å². The Bertz CT molecular complexity index is 425. The molecule has 0 bridgehead atoms. The summed E-state index contributed by atoms with van der Waals surface area (Å²) >= 11 is 0. The highest BCUT2D eigenvalue weighted by molar-refractivity contribution is 5.47. The van der Waals surface area contributed by atoms with Gasteiger partial charge < -0.3 is 10.1 Å². The average Bonchev–Trinajstić information content (AvgIpc) is 2.80. The lowest BCUT2D eigenvalue weighted by Crippen LogP contribution is -2.15. The van der Waals surface area contributed by atoms with Gasteiger partial charge in [0.1, 0.15) is 5.75 Å². The molecule has 1 aromatic carbocycles. The Morgan fingerprint density at radius 1 is 1.28 bits per heavy atom. The van der Waals surface area contributed by atoms with Gasteiger partial charge in [0.15, 0.2) is 0 Å². The van der Waals surface area contributed by atoms with Crippen LogP contribution < -0.4 is 10.1 Å². The fourth-order valence-corrected chi connectivity index (χ4v) is 2.81. The minimum Gasteiger partial charge on any atom is -0.496 e. The molecule has 1 unspecified atom stereocenters. The van der Waals surface area contributed by atoms with Gasteiger partial charge in [0.2, 0.25) is 0 Å². The van der Waals surface area contributed by atoms with Gasteiger partial charge >= 0.3 is 0 Å². The Kier molecular flexibility index (Phi) is 3.67. The largest absolute Gasteiger partial charge is 0.496 e. The molecule has 1 aliphatic rings. The van der Waals surface area contributed by atoms with E-state index in [9.17, 15) is 0 Å². The quantitative estimate of drug-likeness (QED) is 0.865. The summed E-state index contributed by atoms with van der Waals surface area (Å²) in [6, 6.07) is 4.57. The van der Waals surface area contributed by atoms with Gasteiger partial charge in [0, 0.05) is 6.54 Å². The lowest BCUT2D eigenvalue weighted by atomic mass is 9.82. The topological polar surface area (TPSA) is 21.3 Å². The molecule has 1 aliphatic heterocycles. The molecule has 0 saturated carbocycles. The van der Waals surface area contributed by atoms with Crippen molar-refractivity contribution >= 4 is 0 Å². The predicted octanol–water partition coefficient (Wildman–Crippen LogP) is 3.38. The van der Waals surface area contributed by atoms with E-state index in [1.165, 1.54) is 23.1 Å². The van der Waals surface area contributed by atoms with Gasteiger partial charge in [0.05, 0.1) is 7.11 Å². The van der Waals surface area contributed by atoms with E-state index in [-0.39, 0.29) is 5.41 Å². The second-order valence-corrected chi connectivity index (χ2v) is 6.35. The summed E-state index contributed by atoms with van der Waals surface area (Å²) in [7, 11) is 1.76. The van der Waals surface area contributed by atoms with Crippen molar-refractivity contribution in [2.45, 2.75) is 45.4 Å². The lowest BCUT2D eigenvalue weighted by Gasteiger charge is -2.25. The molecule has 1 fully saturated rings. The number of methoxy groups -OCH3 is 1. The van der Waals surface area contributed by atoms with E-state index < -0.39 is 0 Å². The van der Waals surface area contributed by atoms with Crippen LogP contribution in [0.15, 0.2) is 12.1 Å². The Morgan fingerprint density at radius 2 is 2.00 bits per heavy atom. The molecular formula is C16H25NO. The molecule has 0 aliphatic carbocycles. The van der Waals surface area contributed by atoms with Crippen LogP contribution in [0.4, 0.5) is 0 Å². The van der Waals surface area contributed by atoms with Crippen LogP contribution in [0.25, 0.3) is 0 Å². The summed E-state index contributed by atoms with van der Waals surface area (Å²) in [6.07, 6.45) is 1.25. The SMILES string of the molecule is COc1cc(C)c(C2CCNC2)cc1C(C)(C)C. The van der Waals surface area contributed by atoms with Gasteiger partial charge in [-0.25, -0.2) is 0 Å². The van der Waals surface area contributed by atoms with E-state index in [0.29, 0.717) is 5.92 Å². The van der Waals surface area contributed by atoms with E-state index in [4.69, 9.17) is 4.74 Å². The maximum Gasteiger partial charge on any atom is 0.122 e. The summed E-state index contributed by atoms with van der Waals surface area (Å²) in [5.41, 5.74) is 4.29. The average molecular weight is 247 g/mol. The summed E-state index contributed by atoms with van der Waals surface area (Å²) in [4.78, 5) is 0. The first-order valence-electron chi connectivity index (χ1n) is 6.83. The highest BCUT2D eigenvalue weighted by atomic mass is 16.5. The van der Waals surface area contributed by atoms with Gasteiger partial charge in [-0.2, -0.15) is 0 Å². The van der Waals surface area contributed by atoms with Crippen LogP contribution in [0.2, 0.25) is 0 Å². The smallest absolute Gasteiger partial charge is 0.122 e. The number of aryl methyl sites for hydroxylation is 1. The van der Waals surface area contributed by atoms with Crippen LogP contribution >= 0.6 is 0 Å². The van der Waals surface area contributed by atoms with Crippen molar-refractivity contribution in [3.63, 3.8) is 0 Å². The molecule has 18 heavy (non-hydrogen) atoms. The van der Waals surface area contributed by atoms with Crippen LogP contribution in [-0.2, 0) is 5.41 Å². The number of ether oxygens (including phenoxy) is 1. The normalized spacial score (nSPS) is 20.2. The van der Waals surface area contributed by atoms with Crippen molar-refractivity contribution in [2.24, 2.45) is 0 Å². The Hall–Kier alpha value is -1.02. The van der Waals surface area contributed by atoms with Crippen molar-refractivity contribution in [3.8, 4) is 5.75 Å². The summed E-state index contributed by atoms with van der Waals surface area (Å²) < 4.78 is 5.55. The fraction of sp³-hybridized carbons (Fsp3) is 0.625. The zero-order valence-electron chi connectivity index (χ0n) is 12.3. The highest BCUT2D eigenvalue weighted by Crippen LogP contribution is 2.37. The predicted molar refractivity (Wildman–Crippen MR) is 76.7 cm³/mol. The molecule has 1 saturated heterocycles. The third kappa shape index (κ3) is 2.54. The summed E-state index contributed by atoms with van der Waals surface area (Å²) in [6.45, 7) is 11.2. The second kappa shape index (κ2) is 4.93. The molecule has 2 rings (SSSR count). The van der Waals surface area contributed by atoms with Gasteiger partial charge in [0.25, 0.3) is 0 Å². The Labute approximate surface area is 111 Å². The summed E-state index contributed by atoms with van der Waals surface area (Å²) in [5, 5.41) is 3.45. The van der Waals surface area contributed by atoms with Crippen molar-refractivity contribution < 1.29 is 4.74 Å². The molecule has 1 aromatic rings. The number of rotatable bonds is 2. The minimum absolute atomic E-state index is 0.125. The molecule has 2 nitrogen and oxygen atoms in total. The molecular weight excluding hydrogens is 222 g/mol. The molecule has 2 heteroatoms. The maximum atomic E-state index is 5.55. The Morgan fingerprint density at radius 3 is 2.50 bits per heavy atom. The monoisotopic (exact) mass is 247 g/mol. The number of hydrogen-bond donors (Lipinski definition) is 1. The van der Waals surface area contributed by atoms with Crippen molar-refractivity contribution in [2.75, 3.05) is 20.2 Å². The van der Waals surface area contributed by atoms with Crippen molar-refractivity contribution in [1.82, 2.24) is 5.32 Å². The zero-order valence-corrected chi connectivity index (χ0v) is 12.3. The molecule has 1 heterocycles. The molecule has 0 spiro atoms. The zero-order chi connectivity index (χ0) is 13.3. The van der Waals surface area contributed by atoms with Crippen LogP contribution in [0.1, 0.15) is 49.8 Å². The third-order valence-corrected chi connectivity index (χ3v) is 3.90. The number of benzene rings is 1. The second-order valence-electron chi connectivity index (χ2n) is 6.35. The standard InChI is InChI=1S/C16H25NO/c1-11-8-15(18-5)14(16(2,3)4)9-13(11)12-6-7-17-10-12/h8-9,12,17H,6-7,10H2,1-5H3. The molecule has 1 atom stereocenters. The van der Waals surface area contributed by atoms with Crippen molar-refractivity contribution in [3.05, 3.63) is 28.8 Å². The molecule has 1 N–H and O–H groups in total. The molecule has 0 aromatic heterocycles. The molecule has 100 valence electrons. The van der Waals surface area contributed by atoms with Gasteiger partial charge in [-0.1, -0.05) is 26.8 Å². The van der Waals surface area contributed by atoms with Crippen LogP contribution in [0.3, 0.4) is 0 Å². The van der Waals surface area contributed by atoms with E-state index in [0.717, 1.165) is 18.8 Å². The van der Waals surface area contributed by atoms with Gasteiger partial charge in [-0.3, -0.25) is 0 Å². The molecule has 0 radical (unpaired) electrons. The summed E-state index contributed by atoms with van der Waals surface area (Å²) in [5.74, 6) is 1.69. The number of hydrogen-bond acceptors (Lipinski definition) is 2. The fourth-order valence-electron chi connectivity index (χ4n) is 2.81. The Balaban J connectivity index is 2.48. The van der Waals surface area contributed by atoms with Crippen LogP contribution in [-0.4, -0.2) is 20.2 Å². The first kappa shape index (κ1) is 13.4. The first-order valence-corrected chi connectivity index (χ1v) is 6.83. The highest BCUT2D eigenvalue weighted by Gasteiger charge is 2.24.